The second kappa shape index (κ2) is 15.2. The zero-order valence-corrected chi connectivity index (χ0v) is 26.0. The summed E-state index contributed by atoms with van der Waals surface area (Å²) in [6.45, 7) is 5.56. The molecule has 0 aliphatic carbocycles. The SMILES string of the molecule is CCC(C)CC(C)C=CC(=O)OC1C(O)C2(CCCOC(=O)CCCc3ccccc3)OC(C(=O)O)C(O)(C(=O)O)C1(C(=O)O)O2. The van der Waals surface area contributed by atoms with Gasteiger partial charge in [-0.15, -0.1) is 0 Å². The quantitative estimate of drug-likeness (QED) is 0.0925. The van der Waals surface area contributed by atoms with Gasteiger partial charge in [-0.05, 0) is 43.1 Å². The zero-order valence-electron chi connectivity index (χ0n) is 26.0. The van der Waals surface area contributed by atoms with Gasteiger partial charge in [-0.25, -0.2) is 19.2 Å². The van der Waals surface area contributed by atoms with Crippen molar-refractivity contribution in [3.8, 4) is 0 Å². The Morgan fingerprint density at radius 3 is 2.28 bits per heavy atom. The van der Waals surface area contributed by atoms with Crippen LogP contribution in [0.5, 0.6) is 0 Å². The summed E-state index contributed by atoms with van der Waals surface area (Å²) in [6.07, 6.45) is -2.91. The van der Waals surface area contributed by atoms with Gasteiger partial charge in [0.25, 0.3) is 0 Å². The Labute approximate surface area is 265 Å². The average molecular weight is 651 g/mol. The molecule has 2 saturated heterocycles. The number of aryl methyl sites for hydroxylation is 1. The van der Waals surface area contributed by atoms with Crippen molar-refractivity contribution in [1.29, 1.82) is 0 Å². The summed E-state index contributed by atoms with van der Waals surface area (Å²) in [5.41, 5.74) is -6.34. The first-order valence-electron chi connectivity index (χ1n) is 15.2. The Balaban J connectivity index is 1.81. The largest absolute Gasteiger partial charge is 0.479 e. The van der Waals surface area contributed by atoms with Crippen LogP contribution in [0.25, 0.3) is 0 Å². The van der Waals surface area contributed by atoms with Crippen molar-refractivity contribution < 1.29 is 68.5 Å². The standard InChI is InChI=1S/C32H42O14/c1-4-19(2)18-20(3)14-15-23(34)44-25-24(35)30(16-9-17-43-22(33)13-8-12-21-10-6-5-7-11-21)45-26(27(36)37)31(42,28(38)39)32(25,46-30)29(40)41/h5-7,10-11,14-15,19-20,24-26,35,42H,4,8-9,12-13,16-18H2,1-3H3,(H,36,37)(H,38,39)(H,40,41). The fourth-order valence-corrected chi connectivity index (χ4v) is 5.89. The molecular formula is C32H42O14. The maximum atomic E-state index is 12.9. The van der Waals surface area contributed by atoms with E-state index in [9.17, 15) is 49.5 Å². The first-order chi connectivity index (χ1) is 21.6. The van der Waals surface area contributed by atoms with Crippen molar-refractivity contribution in [3.05, 3.63) is 48.0 Å². The van der Waals surface area contributed by atoms with E-state index < -0.39 is 71.6 Å². The number of allylic oxidation sites excluding steroid dienone is 1. The van der Waals surface area contributed by atoms with Gasteiger partial charge in [-0.2, -0.15) is 0 Å². The highest BCUT2D eigenvalue weighted by Crippen LogP contribution is 2.55. The van der Waals surface area contributed by atoms with Gasteiger partial charge < -0.3 is 44.5 Å². The van der Waals surface area contributed by atoms with E-state index in [1.807, 2.05) is 51.1 Å². The molecule has 8 atom stereocenters. The van der Waals surface area contributed by atoms with Crippen LogP contribution in [0.1, 0.15) is 64.9 Å². The molecular weight excluding hydrogens is 608 g/mol. The molecule has 0 radical (unpaired) electrons. The number of aliphatic carboxylic acids is 3. The Kier molecular flexibility index (Phi) is 12.1. The Bertz CT molecular complexity index is 1300. The molecule has 2 aliphatic heterocycles. The van der Waals surface area contributed by atoms with Crippen molar-refractivity contribution in [2.45, 2.75) is 101 Å². The molecule has 14 heteroatoms. The number of ether oxygens (including phenoxy) is 4. The first-order valence-corrected chi connectivity index (χ1v) is 15.2. The van der Waals surface area contributed by atoms with Crippen molar-refractivity contribution in [2.24, 2.45) is 11.8 Å². The van der Waals surface area contributed by atoms with Crippen LogP contribution in [0.4, 0.5) is 0 Å². The average Bonchev–Trinajstić information content (AvgIpc) is 3.22. The second-order valence-electron chi connectivity index (χ2n) is 11.9. The summed E-state index contributed by atoms with van der Waals surface area (Å²) in [5.74, 6) is -10.8. The third kappa shape index (κ3) is 7.41. The van der Waals surface area contributed by atoms with Crippen LogP contribution >= 0.6 is 0 Å². The number of aliphatic hydroxyl groups excluding tert-OH is 1. The number of carbonyl (C=O) groups is 5. The molecule has 2 aliphatic rings. The molecule has 1 aromatic rings. The van der Waals surface area contributed by atoms with Crippen molar-refractivity contribution in [2.75, 3.05) is 6.61 Å². The lowest BCUT2D eigenvalue weighted by Gasteiger charge is -2.48. The maximum absolute atomic E-state index is 12.9. The number of esters is 2. The third-order valence-electron chi connectivity index (χ3n) is 8.50. The Morgan fingerprint density at radius 2 is 1.70 bits per heavy atom. The second-order valence-corrected chi connectivity index (χ2v) is 11.9. The molecule has 254 valence electrons. The summed E-state index contributed by atoms with van der Waals surface area (Å²) < 4.78 is 21.3. The number of hydrogen-bond acceptors (Lipinski definition) is 11. The molecule has 46 heavy (non-hydrogen) atoms. The lowest BCUT2D eigenvalue weighted by atomic mass is 9.74. The van der Waals surface area contributed by atoms with Gasteiger partial charge in [0.05, 0.1) is 6.61 Å². The molecule has 2 bridgehead atoms. The number of rotatable bonds is 17. The lowest BCUT2D eigenvalue weighted by molar-refractivity contribution is -0.374. The molecule has 0 spiro atoms. The number of aliphatic hydroxyl groups is 2. The summed E-state index contributed by atoms with van der Waals surface area (Å²) in [6, 6.07) is 9.47. The molecule has 1 aromatic carbocycles. The van der Waals surface area contributed by atoms with Gasteiger partial charge in [0.1, 0.15) is 6.10 Å². The molecule has 14 nitrogen and oxygen atoms in total. The fraction of sp³-hybridized carbons (Fsp3) is 0.594. The van der Waals surface area contributed by atoms with Crippen LogP contribution < -0.4 is 0 Å². The number of benzene rings is 1. The molecule has 2 heterocycles. The molecule has 3 rings (SSSR count). The van der Waals surface area contributed by atoms with Gasteiger partial charge in [0.15, 0.2) is 6.10 Å². The van der Waals surface area contributed by atoms with E-state index >= 15 is 0 Å². The topological polar surface area (TPSA) is 223 Å². The van der Waals surface area contributed by atoms with Gasteiger partial charge in [-0.1, -0.05) is 63.6 Å². The van der Waals surface area contributed by atoms with Crippen molar-refractivity contribution in [3.63, 3.8) is 0 Å². The van der Waals surface area contributed by atoms with Crippen LogP contribution in [-0.2, 0) is 49.3 Å². The van der Waals surface area contributed by atoms with Crippen molar-refractivity contribution >= 4 is 29.8 Å². The highest BCUT2D eigenvalue weighted by atomic mass is 16.8. The van der Waals surface area contributed by atoms with Crippen LogP contribution in [0.3, 0.4) is 0 Å². The fourth-order valence-electron chi connectivity index (χ4n) is 5.89. The number of hydrogen-bond donors (Lipinski definition) is 5. The van der Waals surface area contributed by atoms with Crippen LogP contribution in [0, 0.1) is 11.8 Å². The normalized spacial score (nSPS) is 30.0. The van der Waals surface area contributed by atoms with E-state index in [2.05, 4.69) is 0 Å². The first kappa shape index (κ1) is 36.6. The Morgan fingerprint density at radius 1 is 1.02 bits per heavy atom. The molecule has 0 aromatic heterocycles. The summed E-state index contributed by atoms with van der Waals surface area (Å²) in [7, 11) is 0. The maximum Gasteiger partial charge on any atom is 0.344 e. The smallest absolute Gasteiger partial charge is 0.344 e. The van der Waals surface area contributed by atoms with Gasteiger partial charge >= 0.3 is 29.8 Å². The van der Waals surface area contributed by atoms with E-state index in [1.165, 1.54) is 6.08 Å². The van der Waals surface area contributed by atoms with Gasteiger partial charge in [-0.3, -0.25) is 4.79 Å². The third-order valence-corrected chi connectivity index (χ3v) is 8.50. The van der Waals surface area contributed by atoms with E-state index in [0.29, 0.717) is 25.2 Å². The number of carboxylic acid groups (broad SMARTS) is 3. The summed E-state index contributed by atoms with van der Waals surface area (Å²) in [5, 5.41) is 52.6. The van der Waals surface area contributed by atoms with Crippen LogP contribution in [-0.4, -0.2) is 97.3 Å². The minimum atomic E-state index is -3.87. The summed E-state index contributed by atoms with van der Waals surface area (Å²) in [4.78, 5) is 62.4. The van der Waals surface area contributed by atoms with Crippen LogP contribution in [0.2, 0.25) is 0 Å². The van der Waals surface area contributed by atoms with Crippen molar-refractivity contribution in [1.82, 2.24) is 0 Å². The van der Waals surface area contributed by atoms with Gasteiger partial charge in [0.2, 0.25) is 23.1 Å². The predicted molar refractivity (Wildman–Crippen MR) is 157 cm³/mol. The van der Waals surface area contributed by atoms with E-state index in [0.717, 1.165) is 18.1 Å². The predicted octanol–water partition coefficient (Wildman–Crippen LogP) is 2.08. The molecule has 2 fully saturated rings. The Hall–Kier alpha value is -3.85. The minimum Gasteiger partial charge on any atom is -0.479 e. The van der Waals surface area contributed by atoms with E-state index in [4.69, 9.17) is 18.9 Å². The van der Waals surface area contributed by atoms with Gasteiger partial charge in [0, 0.05) is 18.9 Å². The van der Waals surface area contributed by atoms with E-state index in [-0.39, 0.29) is 25.4 Å². The monoisotopic (exact) mass is 650 g/mol. The molecule has 0 saturated carbocycles. The highest BCUT2D eigenvalue weighted by Gasteiger charge is 2.85. The zero-order chi connectivity index (χ0) is 34.3. The highest BCUT2D eigenvalue weighted by molar-refractivity contribution is 5.98. The summed E-state index contributed by atoms with van der Waals surface area (Å²) >= 11 is 0. The van der Waals surface area contributed by atoms with Crippen LogP contribution in [0.15, 0.2) is 42.5 Å². The molecule has 5 N–H and O–H groups in total. The molecule has 0 amide bonds. The number of carbonyl (C=O) groups excluding carboxylic acids is 2. The minimum absolute atomic E-state index is 0.0893. The molecule has 8 unspecified atom stereocenters. The number of carboxylic acids is 3. The van der Waals surface area contributed by atoms with E-state index in [1.54, 1.807) is 0 Å². The number of fused-ring (bicyclic) bond motifs is 2. The lowest BCUT2D eigenvalue weighted by Crippen LogP contribution is -2.78.